The number of benzene rings is 3. The number of hydrogen-bond donors (Lipinski definition) is 1. The Kier molecular flexibility index (Phi) is 6.18. The van der Waals surface area contributed by atoms with Gasteiger partial charge in [0.25, 0.3) is 0 Å². The monoisotopic (exact) mass is 419 g/mol. The highest BCUT2D eigenvalue weighted by atomic mass is 16.5. The number of piperidine rings is 1. The molecule has 0 aromatic heterocycles. The number of methoxy groups -OCH3 is 1. The largest absolute Gasteiger partial charge is 0.465 e. The molecule has 1 aliphatic rings. The van der Waals surface area contributed by atoms with Gasteiger partial charge in [0, 0.05) is 12.5 Å². The molecule has 3 aromatic rings. The number of fused-ring (bicyclic) bond motifs is 1. The van der Waals surface area contributed by atoms with E-state index in [1.807, 2.05) is 36.4 Å². The average molecular weight is 419 g/mol. The van der Waals surface area contributed by atoms with Crippen molar-refractivity contribution in [2.45, 2.75) is 25.0 Å². The number of carbonyl (C=O) groups excluding carboxylic acids is 1. The van der Waals surface area contributed by atoms with Crippen molar-refractivity contribution >= 4 is 22.8 Å². The molecule has 1 amide bonds. The maximum absolute atomic E-state index is 11.9. The van der Waals surface area contributed by atoms with Gasteiger partial charge in [0.15, 0.2) is 0 Å². The van der Waals surface area contributed by atoms with Gasteiger partial charge in [-0.1, -0.05) is 48.5 Å². The van der Waals surface area contributed by atoms with Crippen LogP contribution >= 0.6 is 0 Å². The highest BCUT2D eigenvalue weighted by Gasteiger charge is 2.33. The molecule has 1 aliphatic heterocycles. The number of likely N-dealkylation sites (tertiary alicyclic amines) is 1. The predicted molar refractivity (Wildman–Crippen MR) is 117 cm³/mol. The number of rotatable bonds is 5. The Bertz CT molecular complexity index is 1100. The fourth-order valence-electron chi connectivity index (χ4n) is 4.19. The van der Waals surface area contributed by atoms with Gasteiger partial charge >= 0.3 is 12.1 Å². The fraction of sp³-hybridized carbons (Fsp3) is 0.280. The molecule has 2 unspecified atom stereocenters. The number of nitrogens with zero attached hydrogens (tertiary/aromatic N) is 1. The fourth-order valence-corrected chi connectivity index (χ4v) is 4.19. The first-order valence-electron chi connectivity index (χ1n) is 10.3. The van der Waals surface area contributed by atoms with E-state index in [1.165, 1.54) is 17.4 Å². The van der Waals surface area contributed by atoms with Crippen LogP contribution in [-0.2, 0) is 16.1 Å². The maximum Gasteiger partial charge on any atom is 0.407 e. The van der Waals surface area contributed by atoms with E-state index in [2.05, 4.69) is 24.3 Å². The Balaban J connectivity index is 1.55. The normalized spacial score (nSPS) is 18.7. The van der Waals surface area contributed by atoms with Crippen LogP contribution in [0.4, 0.5) is 4.79 Å². The third-order valence-electron chi connectivity index (χ3n) is 5.84. The topological polar surface area (TPSA) is 76.1 Å². The minimum absolute atomic E-state index is 0.0133. The van der Waals surface area contributed by atoms with Crippen LogP contribution in [-0.4, -0.2) is 48.4 Å². The number of esters is 1. The zero-order valence-electron chi connectivity index (χ0n) is 17.4. The van der Waals surface area contributed by atoms with Crippen LogP contribution in [0.5, 0.6) is 0 Å². The smallest absolute Gasteiger partial charge is 0.407 e. The molecule has 1 saturated heterocycles. The average Bonchev–Trinajstić information content (AvgIpc) is 2.82. The third-order valence-corrected chi connectivity index (χ3v) is 5.84. The summed E-state index contributed by atoms with van der Waals surface area (Å²) in [7, 11) is 1.36. The van der Waals surface area contributed by atoms with E-state index >= 15 is 0 Å². The van der Waals surface area contributed by atoms with E-state index in [1.54, 1.807) is 6.07 Å². The Hall–Kier alpha value is -3.38. The summed E-state index contributed by atoms with van der Waals surface area (Å²) in [5, 5.41) is 11.8. The van der Waals surface area contributed by atoms with Gasteiger partial charge in [-0.05, 0) is 46.5 Å². The van der Waals surface area contributed by atoms with Gasteiger partial charge in [-0.15, -0.1) is 0 Å². The number of ether oxygens (including phenoxy) is 2. The lowest BCUT2D eigenvalue weighted by Crippen LogP contribution is -2.46. The minimum atomic E-state index is -0.943. The number of hydrogen-bond acceptors (Lipinski definition) is 4. The Morgan fingerprint density at radius 1 is 1.03 bits per heavy atom. The molecule has 1 heterocycles. The second-order valence-electron chi connectivity index (χ2n) is 7.77. The predicted octanol–water partition coefficient (Wildman–Crippen LogP) is 4.68. The molecule has 0 aliphatic carbocycles. The molecule has 0 spiro atoms. The summed E-state index contributed by atoms with van der Waals surface area (Å²) in [5.41, 5.74) is 2.47. The van der Waals surface area contributed by atoms with Crippen LogP contribution in [0.3, 0.4) is 0 Å². The summed E-state index contributed by atoms with van der Waals surface area (Å²) in [6, 6.07) is 21.7. The Labute approximate surface area is 181 Å². The summed E-state index contributed by atoms with van der Waals surface area (Å²) in [4.78, 5) is 24.9. The van der Waals surface area contributed by atoms with E-state index < -0.39 is 12.1 Å². The second kappa shape index (κ2) is 9.18. The SMILES string of the molecule is COC(=O)c1cccc(C2CCN(C(=O)O)CC2OCc2ccc3ccccc3c2)c1. The molecule has 6 nitrogen and oxygen atoms in total. The molecule has 6 heteroatoms. The number of amides is 1. The Morgan fingerprint density at radius 3 is 2.61 bits per heavy atom. The van der Waals surface area contributed by atoms with Gasteiger partial charge in [-0.3, -0.25) is 0 Å². The lowest BCUT2D eigenvalue weighted by molar-refractivity contribution is -0.0199. The van der Waals surface area contributed by atoms with Crippen LogP contribution < -0.4 is 0 Å². The molecule has 4 rings (SSSR count). The molecule has 0 radical (unpaired) electrons. The van der Waals surface area contributed by atoms with E-state index in [4.69, 9.17) is 9.47 Å². The van der Waals surface area contributed by atoms with Crippen molar-refractivity contribution in [2.24, 2.45) is 0 Å². The zero-order chi connectivity index (χ0) is 21.8. The van der Waals surface area contributed by atoms with Crippen molar-refractivity contribution in [3.63, 3.8) is 0 Å². The van der Waals surface area contributed by atoms with Crippen LogP contribution in [0.2, 0.25) is 0 Å². The van der Waals surface area contributed by atoms with Crippen molar-refractivity contribution in [1.82, 2.24) is 4.90 Å². The summed E-state index contributed by atoms with van der Waals surface area (Å²) < 4.78 is 11.1. The van der Waals surface area contributed by atoms with Crippen LogP contribution in [0, 0.1) is 0 Å². The summed E-state index contributed by atoms with van der Waals surface area (Å²) in [5.74, 6) is -0.404. The highest BCUT2D eigenvalue weighted by Crippen LogP contribution is 2.32. The van der Waals surface area contributed by atoms with Crippen LogP contribution in [0.15, 0.2) is 66.7 Å². The van der Waals surface area contributed by atoms with Gasteiger partial charge in [-0.25, -0.2) is 9.59 Å². The summed E-state index contributed by atoms with van der Waals surface area (Å²) in [6.45, 7) is 1.10. The molecule has 31 heavy (non-hydrogen) atoms. The van der Waals surface area contributed by atoms with E-state index in [-0.39, 0.29) is 18.6 Å². The first kappa shape index (κ1) is 20.9. The number of carbonyl (C=O) groups is 2. The molecule has 1 fully saturated rings. The molecule has 1 N–H and O–H groups in total. The number of carboxylic acid groups (broad SMARTS) is 1. The first-order valence-corrected chi connectivity index (χ1v) is 10.3. The molecule has 160 valence electrons. The van der Waals surface area contributed by atoms with Crippen molar-refractivity contribution < 1.29 is 24.2 Å². The summed E-state index contributed by atoms with van der Waals surface area (Å²) in [6.07, 6.45) is -0.635. The molecule has 2 atom stereocenters. The molecular formula is C25H25NO5. The van der Waals surface area contributed by atoms with Gasteiger partial charge in [0.05, 0.1) is 31.9 Å². The first-order chi connectivity index (χ1) is 15.0. The van der Waals surface area contributed by atoms with E-state index in [9.17, 15) is 14.7 Å². The van der Waals surface area contributed by atoms with Gasteiger partial charge in [0.1, 0.15) is 0 Å². The van der Waals surface area contributed by atoms with E-state index in [0.717, 1.165) is 16.5 Å². The molecule has 3 aromatic carbocycles. The van der Waals surface area contributed by atoms with Crippen LogP contribution in [0.25, 0.3) is 10.8 Å². The minimum Gasteiger partial charge on any atom is -0.465 e. The zero-order valence-corrected chi connectivity index (χ0v) is 17.4. The van der Waals surface area contributed by atoms with Crippen molar-refractivity contribution in [3.05, 3.63) is 83.4 Å². The maximum atomic E-state index is 11.9. The van der Waals surface area contributed by atoms with Gasteiger partial charge < -0.3 is 19.5 Å². The Morgan fingerprint density at radius 2 is 1.84 bits per heavy atom. The lowest BCUT2D eigenvalue weighted by atomic mass is 9.86. The second-order valence-corrected chi connectivity index (χ2v) is 7.77. The van der Waals surface area contributed by atoms with Crippen molar-refractivity contribution in [3.8, 4) is 0 Å². The molecule has 0 saturated carbocycles. The lowest BCUT2D eigenvalue weighted by Gasteiger charge is -2.37. The van der Waals surface area contributed by atoms with Crippen molar-refractivity contribution in [2.75, 3.05) is 20.2 Å². The van der Waals surface area contributed by atoms with Crippen molar-refractivity contribution in [1.29, 1.82) is 0 Å². The summed E-state index contributed by atoms with van der Waals surface area (Å²) >= 11 is 0. The van der Waals surface area contributed by atoms with E-state index in [0.29, 0.717) is 25.1 Å². The molecule has 0 bridgehead atoms. The third kappa shape index (κ3) is 4.70. The van der Waals surface area contributed by atoms with Gasteiger partial charge in [-0.2, -0.15) is 0 Å². The molecular weight excluding hydrogens is 394 g/mol. The standard InChI is InChI=1S/C25H25NO5/c1-30-24(27)21-8-4-7-20(14-21)22-11-12-26(25(28)29)15-23(22)31-16-17-9-10-18-5-2-3-6-19(18)13-17/h2-10,13-14,22-23H,11-12,15-16H2,1H3,(H,28,29). The quantitative estimate of drug-likeness (QED) is 0.608. The highest BCUT2D eigenvalue weighted by molar-refractivity contribution is 5.89. The van der Waals surface area contributed by atoms with Crippen LogP contribution in [0.1, 0.15) is 33.8 Å². The van der Waals surface area contributed by atoms with Gasteiger partial charge in [0.2, 0.25) is 0 Å².